The fourth-order valence-corrected chi connectivity index (χ4v) is 2.46. The zero-order valence-electron chi connectivity index (χ0n) is 12.5. The Bertz CT molecular complexity index is 983. The molecule has 4 N–H and O–H groups in total. The van der Waals surface area contributed by atoms with E-state index in [1.54, 1.807) is 6.20 Å². The minimum Gasteiger partial charge on any atom is -0.398 e. The molecular weight excluding hydrogens is 290 g/mol. The number of H-pyrrole nitrogens is 1. The van der Waals surface area contributed by atoms with E-state index in [4.69, 9.17) is 5.73 Å². The third-order valence-electron chi connectivity index (χ3n) is 3.74. The average Bonchev–Trinajstić information content (AvgIpc) is 3.19. The molecular formula is C16H15N7. The smallest absolute Gasteiger partial charge is 0.213 e. The molecule has 4 aromatic rings. The van der Waals surface area contributed by atoms with E-state index in [2.05, 4.69) is 25.3 Å². The number of hydrogen-bond acceptors (Lipinski definition) is 5. The van der Waals surface area contributed by atoms with Crippen LogP contribution in [-0.2, 0) is 0 Å². The van der Waals surface area contributed by atoms with Crippen molar-refractivity contribution in [3.63, 3.8) is 0 Å². The van der Waals surface area contributed by atoms with Crippen LogP contribution in [0.25, 0.3) is 16.9 Å². The molecule has 3 heterocycles. The Morgan fingerprint density at radius 3 is 2.96 bits per heavy atom. The van der Waals surface area contributed by atoms with Gasteiger partial charge in [-0.2, -0.15) is 0 Å². The van der Waals surface area contributed by atoms with Gasteiger partial charge in [0.25, 0.3) is 0 Å². The first-order chi connectivity index (χ1) is 11.2. The molecule has 0 atom stereocenters. The zero-order chi connectivity index (χ0) is 15.8. The van der Waals surface area contributed by atoms with Gasteiger partial charge < -0.3 is 16.0 Å². The number of nitrogens with one attached hydrogen (secondary N) is 2. The maximum Gasteiger partial charge on any atom is 0.213 e. The van der Waals surface area contributed by atoms with Gasteiger partial charge in [-0.1, -0.05) is 6.07 Å². The van der Waals surface area contributed by atoms with Crippen LogP contribution >= 0.6 is 0 Å². The lowest BCUT2D eigenvalue weighted by Crippen LogP contribution is -2.04. The number of aromatic amines is 1. The molecule has 0 amide bonds. The largest absolute Gasteiger partial charge is 0.398 e. The first-order valence-corrected chi connectivity index (χ1v) is 7.17. The molecule has 114 valence electrons. The third kappa shape index (κ3) is 2.28. The van der Waals surface area contributed by atoms with Gasteiger partial charge in [-0.3, -0.25) is 4.57 Å². The summed E-state index contributed by atoms with van der Waals surface area (Å²) in [6.07, 6.45) is 6.95. The molecule has 4 rings (SSSR count). The number of benzene rings is 1. The van der Waals surface area contributed by atoms with E-state index in [1.165, 1.54) is 6.33 Å². The van der Waals surface area contributed by atoms with E-state index in [0.29, 0.717) is 5.95 Å². The normalized spacial score (nSPS) is 11.0. The highest BCUT2D eigenvalue weighted by atomic mass is 15.2. The van der Waals surface area contributed by atoms with Gasteiger partial charge in [-0.05, 0) is 30.7 Å². The number of aryl methyl sites for hydroxylation is 1. The van der Waals surface area contributed by atoms with Crippen LogP contribution in [0.1, 0.15) is 5.56 Å². The Morgan fingerprint density at radius 2 is 2.09 bits per heavy atom. The molecule has 7 nitrogen and oxygen atoms in total. The summed E-state index contributed by atoms with van der Waals surface area (Å²) < 4.78 is 1.88. The Kier molecular flexibility index (Phi) is 2.97. The van der Waals surface area contributed by atoms with Crippen molar-refractivity contribution in [1.29, 1.82) is 0 Å². The quantitative estimate of drug-likeness (QED) is 0.506. The summed E-state index contributed by atoms with van der Waals surface area (Å²) in [4.78, 5) is 16.0. The maximum atomic E-state index is 5.97. The molecule has 0 aliphatic rings. The lowest BCUT2D eigenvalue weighted by Gasteiger charge is -2.11. The van der Waals surface area contributed by atoms with Gasteiger partial charge >= 0.3 is 0 Å². The molecule has 0 fully saturated rings. The monoisotopic (exact) mass is 305 g/mol. The lowest BCUT2D eigenvalue weighted by molar-refractivity contribution is 0.999. The van der Waals surface area contributed by atoms with E-state index in [-0.39, 0.29) is 0 Å². The van der Waals surface area contributed by atoms with Crippen LogP contribution in [0, 0.1) is 6.92 Å². The molecule has 0 saturated carbocycles. The standard InChI is InChI=1S/C16H15N7/c1-10-2-3-11(8-13(10)17)22-16-19-6-7-23(16)15-12-4-5-18-14(12)20-9-21-15/h2-9H,17H2,1H3,(H,19,22)(H,18,20,21). The fraction of sp³-hybridized carbons (Fsp3) is 0.0625. The molecule has 7 heteroatoms. The van der Waals surface area contributed by atoms with Crippen molar-refractivity contribution in [3.05, 3.63) is 54.7 Å². The second kappa shape index (κ2) is 5.13. The zero-order valence-corrected chi connectivity index (χ0v) is 12.5. The van der Waals surface area contributed by atoms with Crippen LogP contribution in [0.3, 0.4) is 0 Å². The summed E-state index contributed by atoms with van der Waals surface area (Å²) in [5, 5.41) is 4.20. The molecule has 0 bridgehead atoms. The van der Waals surface area contributed by atoms with E-state index in [9.17, 15) is 0 Å². The number of imidazole rings is 1. The van der Waals surface area contributed by atoms with Gasteiger partial charge in [0, 0.05) is 30.0 Å². The number of nitrogens with zero attached hydrogens (tertiary/aromatic N) is 4. The Hall–Kier alpha value is -3.35. The summed E-state index contributed by atoms with van der Waals surface area (Å²) in [6, 6.07) is 7.77. The lowest BCUT2D eigenvalue weighted by atomic mass is 10.2. The SMILES string of the molecule is Cc1ccc(Nc2nccn2-c2ncnc3[nH]ccc23)cc1N. The van der Waals surface area contributed by atoms with Crippen LogP contribution in [-0.4, -0.2) is 24.5 Å². The highest BCUT2D eigenvalue weighted by Crippen LogP contribution is 2.24. The molecule has 23 heavy (non-hydrogen) atoms. The van der Waals surface area contributed by atoms with Crippen molar-refractivity contribution in [2.24, 2.45) is 0 Å². The highest BCUT2D eigenvalue weighted by Gasteiger charge is 2.11. The summed E-state index contributed by atoms with van der Waals surface area (Å²) in [5.41, 5.74) is 9.41. The highest BCUT2D eigenvalue weighted by molar-refractivity contribution is 5.83. The fourth-order valence-electron chi connectivity index (χ4n) is 2.46. The van der Waals surface area contributed by atoms with Crippen molar-refractivity contribution in [1.82, 2.24) is 24.5 Å². The molecule has 0 aliphatic carbocycles. The van der Waals surface area contributed by atoms with Crippen LogP contribution in [0.15, 0.2) is 49.2 Å². The van der Waals surface area contributed by atoms with Crippen molar-refractivity contribution >= 4 is 28.4 Å². The predicted octanol–water partition coefficient (Wildman–Crippen LogP) is 2.78. The van der Waals surface area contributed by atoms with E-state index in [1.807, 2.05) is 48.1 Å². The second-order valence-corrected chi connectivity index (χ2v) is 5.25. The van der Waals surface area contributed by atoms with Crippen molar-refractivity contribution in [2.45, 2.75) is 6.92 Å². The van der Waals surface area contributed by atoms with Gasteiger partial charge in [0.2, 0.25) is 5.95 Å². The number of nitrogens with two attached hydrogens (primary N) is 1. The molecule has 0 spiro atoms. The summed E-state index contributed by atoms with van der Waals surface area (Å²) >= 11 is 0. The van der Waals surface area contributed by atoms with Crippen LogP contribution in [0.4, 0.5) is 17.3 Å². The predicted molar refractivity (Wildman–Crippen MR) is 89.9 cm³/mol. The summed E-state index contributed by atoms with van der Waals surface area (Å²) in [5.74, 6) is 1.42. The average molecular weight is 305 g/mol. The van der Waals surface area contributed by atoms with E-state index >= 15 is 0 Å². The van der Waals surface area contributed by atoms with E-state index < -0.39 is 0 Å². The minimum atomic E-state index is 0.662. The molecule has 1 aromatic carbocycles. The van der Waals surface area contributed by atoms with Crippen molar-refractivity contribution in [3.8, 4) is 5.82 Å². The minimum absolute atomic E-state index is 0.662. The summed E-state index contributed by atoms with van der Waals surface area (Å²) in [6.45, 7) is 1.98. The number of fused-ring (bicyclic) bond motifs is 1. The van der Waals surface area contributed by atoms with Gasteiger partial charge in [0.1, 0.15) is 12.0 Å². The number of aromatic nitrogens is 5. The van der Waals surface area contributed by atoms with Crippen molar-refractivity contribution in [2.75, 3.05) is 11.1 Å². The molecule has 3 aromatic heterocycles. The van der Waals surface area contributed by atoms with E-state index in [0.717, 1.165) is 33.8 Å². The molecule has 0 radical (unpaired) electrons. The topological polar surface area (TPSA) is 97.4 Å². The number of nitrogen functional groups attached to an aromatic ring is 1. The number of anilines is 3. The first kappa shape index (κ1) is 13.3. The van der Waals surface area contributed by atoms with Gasteiger partial charge in [0.15, 0.2) is 5.82 Å². The molecule has 0 unspecified atom stereocenters. The second-order valence-electron chi connectivity index (χ2n) is 5.25. The number of rotatable bonds is 3. The van der Waals surface area contributed by atoms with Crippen LogP contribution in [0.5, 0.6) is 0 Å². The Balaban J connectivity index is 1.76. The van der Waals surface area contributed by atoms with Crippen molar-refractivity contribution < 1.29 is 0 Å². The van der Waals surface area contributed by atoms with Crippen LogP contribution < -0.4 is 11.1 Å². The molecule has 0 aliphatic heterocycles. The summed E-state index contributed by atoms with van der Waals surface area (Å²) in [7, 11) is 0. The first-order valence-electron chi connectivity index (χ1n) is 7.17. The van der Waals surface area contributed by atoms with Gasteiger partial charge in [-0.25, -0.2) is 15.0 Å². The van der Waals surface area contributed by atoms with Gasteiger partial charge in [0.05, 0.1) is 5.39 Å². The third-order valence-corrected chi connectivity index (χ3v) is 3.74. The molecule has 0 saturated heterocycles. The van der Waals surface area contributed by atoms with Gasteiger partial charge in [-0.15, -0.1) is 0 Å². The van der Waals surface area contributed by atoms with Crippen LogP contribution in [0.2, 0.25) is 0 Å². The Labute approximate surface area is 132 Å². The number of hydrogen-bond donors (Lipinski definition) is 3. The maximum absolute atomic E-state index is 5.97. The Morgan fingerprint density at radius 1 is 1.17 bits per heavy atom.